The summed E-state index contributed by atoms with van der Waals surface area (Å²) in [5.74, 6) is 3.89. The first-order chi connectivity index (χ1) is 16.3. The number of nitrogen functional groups attached to an aromatic ring is 1. The van der Waals surface area contributed by atoms with Gasteiger partial charge in [0.1, 0.15) is 0 Å². The molecule has 6 rings (SSSR count). The van der Waals surface area contributed by atoms with Crippen molar-refractivity contribution in [3.63, 3.8) is 0 Å². The van der Waals surface area contributed by atoms with Gasteiger partial charge in [-0.1, -0.05) is 86.0 Å². The van der Waals surface area contributed by atoms with Gasteiger partial charge >= 0.3 is 0 Å². The molecule has 3 aromatic carbocycles. The number of hydrogen-bond acceptors (Lipinski definition) is 2. The second-order valence-electron chi connectivity index (χ2n) is 10.3. The van der Waals surface area contributed by atoms with E-state index in [1.165, 1.54) is 61.8 Å². The predicted molar refractivity (Wildman–Crippen MR) is 140 cm³/mol. The van der Waals surface area contributed by atoms with E-state index in [1.54, 1.807) is 5.56 Å². The van der Waals surface area contributed by atoms with Gasteiger partial charge in [-0.05, 0) is 84.6 Å². The van der Waals surface area contributed by atoms with Crippen molar-refractivity contribution >= 4 is 11.4 Å². The van der Waals surface area contributed by atoms with Crippen molar-refractivity contribution in [1.82, 2.24) is 0 Å². The third-order valence-electron chi connectivity index (χ3n) is 7.56. The molecule has 172 valence electrons. The van der Waals surface area contributed by atoms with Gasteiger partial charge in [-0.3, -0.25) is 0 Å². The van der Waals surface area contributed by atoms with Crippen LogP contribution in [0.15, 0.2) is 78.9 Å². The van der Waals surface area contributed by atoms with Gasteiger partial charge in [0.2, 0.25) is 0 Å². The van der Waals surface area contributed by atoms with E-state index in [-0.39, 0.29) is 0 Å². The summed E-state index contributed by atoms with van der Waals surface area (Å²) in [6, 6.07) is 27.7. The predicted octanol–water partition coefficient (Wildman–Crippen LogP) is 7.81. The van der Waals surface area contributed by atoms with Crippen molar-refractivity contribution in [1.29, 1.82) is 0 Å². The van der Waals surface area contributed by atoms with Crippen molar-refractivity contribution in [3.05, 3.63) is 95.6 Å². The highest BCUT2D eigenvalue weighted by Crippen LogP contribution is 2.60. The topological polar surface area (TPSA) is 38.0 Å². The molecular weight excluding hydrogens is 400 g/mol. The van der Waals surface area contributed by atoms with Crippen LogP contribution in [0.5, 0.6) is 0 Å². The molecule has 3 aliphatic carbocycles. The summed E-state index contributed by atoms with van der Waals surface area (Å²) in [5.41, 5.74) is 12.4. The van der Waals surface area contributed by atoms with Crippen molar-refractivity contribution in [3.8, 4) is 0 Å². The first-order valence-corrected chi connectivity index (χ1v) is 13.0. The number of para-hydroxylation sites is 2. The quantitative estimate of drug-likeness (QED) is 0.334. The maximum atomic E-state index is 5.85. The smallest absolute Gasteiger partial charge is 0.0400 e. The van der Waals surface area contributed by atoms with E-state index in [2.05, 4.69) is 72.0 Å². The molecule has 0 aromatic heterocycles. The van der Waals surface area contributed by atoms with E-state index < -0.39 is 0 Å². The number of benzene rings is 3. The van der Waals surface area contributed by atoms with Gasteiger partial charge < -0.3 is 11.1 Å². The Morgan fingerprint density at radius 1 is 0.788 bits per heavy atom. The fraction of sp³-hybridized carbons (Fsp3) is 0.419. The van der Waals surface area contributed by atoms with Gasteiger partial charge in [-0.25, -0.2) is 0 Å². The van der Waals surface area contributed by atoms with Crippen molar-refractivity contribution in [2.24, 2.45) is 17.8 Å². The second kappa shape index (κ2) is 10.5. The maximum Gasteiger partial charge on any atom is 0.0400 e. The largest absolute Gasteiger partial charge is 0.399 e. The first kappa shape index (κ1) is 22.1. The average molecular weight is 439 g/mol. The summed E-state index contributed by atoms with van der Waals surface area (Å²) in [7, 11) is 0. The van der Waals surface area contributed by atoms with Crippen LogP contribution in [0, 0.1) is 17.8 Å². The van der Waals surface area contributed by atoms with Gasteiger partial charge in [0.15, 0.2) is 0 Å². The number of nitrogens with two attached hydrogens (primary N) is 1. The Morgan fingerprint density at radius 3 is 2.27 bits per heavy atom. The number of aryl methyl sites for hydroxylation is 1. The molecule has 2 heteroatoms. The highest BCUT2D eigenvalue weighted by Gasteiger charge is 2.48. The van der Waals surface area contributed by atoms with E-state index in [1.807, 2.05) is 12.1 Å². The lowest BCUT2D eigenvalue weighted by atomic mass is 10.0. The van der Waals surface area contributed by atoms with E-state index in [9.17, 15) is 0 Å². The van der Waals surface area contributed by atoms with Crippen molar-refractivity contribution in [2.75, 3.05) is 11.1 Å². The molecule has 2 nitrogen and oxygen atoms in total. The zero-order valence-corrected chi connectivity index (χ0v) is 19.8. The molecule has 2 unspecified atom stereocenters. The molecule has 0 radical (unpaired) electrons. The van der Waals surface area contributed by atoms with Crippen molar-refractivity contribution < 1.29 is 0 Å². The molecule has 3 aliphatic rings. The van der Waals surface area contributed by atoms with E-state index in [0.717, 1.165) is 42.3 Å². The van der Waals surface area contributed by atoms with Crippen LogP contribution >= 0.6 is 0 Å². The zero-order chi connectivity index (χ0) is 22.5. The van der Waals surface area contributed by atoms with Crippen LogP contribution in [0.2, 0.25) is 0 Å². The Balaban J connectivity index is 0.000000152. The molecule has 2 atom stereocenters. The lowest BCUT2D eigenvalue weighted by molar-refractivity contribution is 0.667. The Morgan fingerprint density at radius 2 is 1.52 bits per heavy atom. The summed E-state index contributed by atoms with van der Waals surface area (Å²) in [6.07, 6.45) is 11.1. The molecule has 0 spiro atoms. The Kier molecular flexibility index (Phi) is 7.00. The number of anilines is 2. The van der Waals surface area contributed by atoms with Crippen LogP contribution in [0.4, 0.5) is 11.4 Å². The first-order valence-electron chi connectivity index (χ1n) is 13.0. The fourth-order valence-corrected chi connectivity index (χ4v) is 5.14. The molecule has 3 N–H and O–H groups in total. The van der Waals surface area contributed by atoms with Crippen LogP contribution < -0.4 is 11.1 Å². The van der Waals surface area contributed by atoms with Gasteiger partial charge in [0.05, 0.1) is 0 Å². The Bertz CT molecular complexity index is 1020. The minimum absolute atomic E-state index is 0.821. The second-order valence-corrected chi connectivity index (χ2v) is 10.3. The molecule has 33 heavy (non-hydrogen) atoms. The molecule has 0 saturated heterocycles. The average Bonchev–Trinajstić information content (AvgIpc) is 3.71. The van der Waals surface area contributed by atoms with Gasteiger partial charge in [0, 0.05) is 17.9 Å². The molecule has 0 aliphatic heterocycles. The fourth-order valence-electron chi connectivity index (χ4n) is 5.14. The molecule has 0 amide bonds. The van der Waals surface area contributed by atoms with Gasteiger partial charge in [-0.2, -0.15) is 0 Å². The Hall–Kier alpha value is -2.74. The molecule has 3 saturated carbocycles. The highest BCUT2D eigenvalue weighted by molar-refractivity contribution is 5.55. The lowest BCUT2D eigenvalue weighted by Crippen LogP contribution is -2.02. The van der Waals surface area contributed by atoms with Crippen LogP contribution in [0.1, 0.15) is 67.6 Å². The zero-order valence-electron chi connectivity index (χ0n) is 19.8. The highest BCUT2D eigenvalue weighted by atomic mass is 14.9. The molecule has 3 aromatic rings. The molecule has 0 bridgehead atoms. The maximum absolute atomic E-state index is 5.85. The van der Waals surface area contributed by atoms with Gasteiger partial charge in [-0.15, -0.1) is 0 Å². The van der Waals surface area contributed by atoms with Crippen LogP contribution in [-0.4, -0.2) is 0 Å². The van der Waals surface area contributed by atoms with Crippen LogP contribution in [0.3, 0.4) is 0 Å². The summed E-state index contributed by atoms with van der Waals surface area (Å²) in [6.45, 7) is 0.915. The summed E-state index contributed by atoms with van der Waals surface area (Å²) in [4.78, 5) is 0. The summed E-state index contributed by atoms with van der Waals surface area (Å²) >= 11 is 0. The third kappa shape index (κ3) is 6.41. The monoisotopic (exact) mass is 438 g/mol. The van der Waals surface area contributed by atoms with E-state index in [0.29, 0.717) is 0 Å². The number of nitrogens with one attached hydrogen (secondary N) is 1. The molecule has 0 heterocycles. The van der Waals surface area contributed by atoms with E-state index in [4.69, 9.17) is 5.73 Å². The normalized spacial score (nSPS) is 21.1. The standard InChI is InChI=1S/C19H21N.C12H17N/c1-2-6-14(7-3-1)13-20-19-9-5-4-8-16(19)18-12-17(18)15-10-11-15;13-12-7-2-1-5-11(12)6-3-4-10-8-9-10/h1-9,15,17-18,20H,10-13H2;1-2,5,7,10H,3-4,6,8-9,13H2. The minimum Gasteiger partial charge on any atom is -0.399 e. The minimum atomic E-state index is 0.821. The molecular formula is C31H38N2. The summed E-state index contributed by atoms with van der Waals surface area (Å²) in [5, 5.41) is 3.63. The van der Waals surface area contributed by atoms with Crippen molar-refractivity contribution in [2.45, 2.75) is 63.8 Å². The molecule has 3 fully saturated rings. The van der Waals surface area contributed by atoms with Gasteiger partial charge in [0.25, 0.3) is 0 Å². The van der Waals surface area contributed by atoms with E-state index >= 15 is 0 Å². The number of rotatable bonds is 9. The Labute approximate surface area is 199 Å². The number of hydrogen-bond donors (Lipinski definition) is 2. The summed E-state index contributed by atoms with van der Waals surface area (Å²) < 4.78 is 0. The SMILES string of the molecule is Nc1ccccc1CCCC1CC1.c1ccc(CNc2ccccc2C2CC2C2CC2)cc1. The van der Waals surface area contributed by atoms with Crippen LogP contribution in [-0.2, 0) is 13.0 Å². The van der Waals surface area contributed by atoms with Crippen LogP contribution in [0.25, 0.3) is 0 Å². The third-order valence-corrected chi connectivity index (χ3v) is 7.56. The lowest BCUT2D eigenvalue weighted by Gasteiger charge is -2.12.